The van der Waals surface area contributed by atoms with Gasteiger partial charge >= 0.3 is 0 Å². The molecule has 0 radical (unpaired) electrons. The summed E-state index contributed by atoms with van der Waals surface area (Å²) in [6, 6.07) is 7.82. The molecule has 0 unspecified atom stereocenters. The molecule has 1 amide bonds. The van der Waals surface area contributed by atoms with E-state index in [2.05, 4.69) is 5.32 Å². The number of likely N-dealkylation sites (N-methyl/N-ethyl adjacent to an activating group) is 1. The average Bonchev–Trinajstić information content (AvgIpc) is 2.64. The Balaban J connectivity index is 1.72. The second kappa shape index (κ2) is 8.74. The molecule has 2 aromatic carbocycles. The number of non-ortho nitro benzene ring substituents is 1. The zero-order valence-electron chi connectivity index (χ0n) is 14.9. The number of ether oxygens (including phenoxy) is 2. The minimum absolute atomic E-state index is 0.0233. The lowest BCUT2D eigenvalue weighted by Gasteiger charge is -2.23. The SMILES string of the molecule is CN(CC(=O)Nc1c(Cl)cccc1Cl)Cc1cc([N+](=O)[O-])cc2c1OCOC2. The van der Waals surface area contributed by atoms with Gasteiger partial charge in [0.2, 0.25) is 5.91 Å². The van der Waals surface area contributed by atoms with E-state index in [1.165, 1.54) is 12.1 Å². The van der Waals surface area contributed by atoms with Crippen molar-refractivity contribution < 1.29 is 19.2 Å². The number of rotatable bonds is 6. The maximum Gasteiger partial charge on any atom is 0.270 e. The monoisotopic (exact) mass is 425 g/mol. The highest BCUT2D eigenvalue weighted by Crippen LogP contribution is 2.33. The van der Waals surface area contributed by atoms with Crippen molar-refractivity contribution in [3.8, 4) is 5.75 Å². The number of nitrogens with one attached hydrogen (secondary N) is 1. The fraction of sp³-hybridized carbons (Fsp3) is 0.278. The number of halogens is 2. The molecule has 1 aliphatic rings. The van der Waals surface area contributed by atoms with Crippen LogP contribution >= 0.6 is 23.2 Å². The standard InChI is InChI=1S/C18H17Cl2N3O5/c1-22(8-16(24)21-17-14(19)3-2-4-15(17)20)7-11-5-13(23(25)26)6-12-9-27-10-28-18(11)12/h2-6H,7-10H2,1H3,(H,21,24). The molecule has 0 atom stereocenters. The van der Waals surface area contributed by atoms with E-state index in [0.717, 1.165) is 0 Å². The zero-order chi connectivity index (χ0) is 20.3. The second-order valence-electron chi connectivity index (χ2n) is 6.28. The largest absolute Gasteiger partial charge is 0.467 e. The maximum absolute atomic E-state index is 12.4. The number of nitro benzene ring substituents is 1. The van der Waals surface area contributed by atoms with Crippen molar-refractivity contribution in [3.63, 3.8) is 0 Å². The Labute approximate surface area is 171 Å². The van der Waals surface area contributed by atoms with E-state index in [4.69, 9.17) is 32.7 Å². The predicted molar refractivity (Wildman–Crippen MR) is 105 cm³/mol. The fourth-order valence-electron chi connectivity index (χ4n) is 2.89. The molecule has 1 aliphatic heterocycles. The number of hydrogen-bond acceptors (Lipinski definition) is 6. The number of hydrogen-bond donors (Lipinski definition) is 1. The Hall–Kier alpha value is -2.39. The minimum Gasteiger partial charge on any atom is -0.467 e. The molecule has 1 heterocycles. The molecule has 10 heteroatoms. The van der Waals surface area contributed by atoms with Crippen LogP contribution in [0.25, 0.3) is 0 Å². The summed E-state index contributed by atoms with van der Waals surface area (Å²) < 4.78 is 10.7. The van der Waals surface area contributed by atoms with Crippen LogP contribution in [0.4, 0.5) is 11.4 Å². The summed E-state index contributed by atoms with van der Waals surface area (Å²) in [7, 11) is 1.72. The van der Waals surface area contributed by atoms with Gasteiger partial charge in [0, 0.05) is 29.8 Å². The lowest BCUT2D eigenvalue weighted by atomic mass is 10.1. The molecule has 0 spiro atoms. The normalized spacial score (nSPS) is 13.0. The van der Waals surface area contributed by atoms with Crippen LogP contribution in [0.2, 0.25) is 10.0 Å². The fourth-order valence-corrected chi connectivity index (χ4v) is 3.38. The summed E-state index contributed by atoms with van der Waals surface area (Å²) in [6.45, 7) is 0.607. The molecule has 0 saturated heterocycles. The smallest absolute Gasteiger partial charge is 0.270 e. The van der Waals surface area contributed by atoms with Gasteiger partial charge in [-0.1, -0.05) is 29.3 Å². The molecule has 2 aromatic rings. The quantitative estimate of drug-likeness (QED) is 0.557. The van der Waals surface area contributed by atoms with Crippen LogP contribution in [0.15, 0.2) is 30.3 Å². The minimum atomic E-state index is -0.468. The summed E-state index contributed by atoms with van der Waals surface area (Å²) in [4.78, 5) is 24.8. The number of carbonyl (C=O) groups excluding carboxylic acids is 1. The number of fused-ring (bicyclic) bond motifs is 1. The molecule has 148 valence electrons. The highest BCUT2D eigenvalue weighted by atomic mass is 35.5. The van der Waals surface area contributed by atoms with Crippen molar-refractivity contribution in [2.24, 2.45) is 0 Å². The number of amides is 1. The third-order valence-corrected chi connectivity index (χ3v) is 4.69. The van der Waals surface area contributed by atoms with Crippen molar-refractivity contribution in [2.75, 3.05) is 25.7 Å². The van der Waals surface area contributed by atoms with Gasteiger partial charge in [-0.3, -0.25) is 19.8 Å². The Morgan fingerprint density at radius 1 is 1.32 bits per heavy atom. The number of benzene rings is 2. The topological polar surface area (TPSA) is 93.9 Å². The van der Waals surface area contributed by atoms with E-state index in [1.54, 1.807) is 30.1 Å². The molecule has 28 heavy (non-hydrogen) atoms. The number of anilines is 1. The van der Waals surface area contributed by atoms with E-state index < -0.39 is 4.92 Å². The van der Waals surface area contributed by atoms with Gasteiger partial charge in [-0.15, -0.1) is 0 Å². The molecule has 0 aromatic heterocycles. The van der Waals surface area contributed by atoms with Crippen LogP contribution in [0, 0.1) is 10.1 Å². The Morgan fingerprint density at radius 3 is 2.71 bits per heavy atom. The lowest BCUT2D eigenvalue weighted by molar-refractivity contribution is -0.385. The van der Waals surface area contributed by atoms with Crippen LogP contribution in [0.3, 0.4) is 0 Å². The first-order valence-corrected chi connectivity index (χ1v) is 9.04. The number of para-hydroxylation sites is 1. The van der Waals surface area contributed by atoms with Crippen LogP contribution in [-0.2, 0) is 22.7 Å². The first-order valence-electron chi connectivity index (χ1n) is 8.28. The molecular weight excluding hydrogens is 409 g/mol. The molecule has 0 bridgehead atoms. The van der Waals surface area contributed by atoms with E-state index in [0.29, 0.717) is 32.6 Å². The molecule has 8 nitrogen and oxygen atoms in total. The van der Waals surface area contributed by atoms with Crippen molar-refractivity contribution in [3.05, 3.63) is 61.6 Å². The molecular formula is C18H17Cl2N3O5. The van der Waals surface area contributed by atoms with Crippen molar-refractivity contribution in [1.29, 1.82) is 0 Å². The van der Waals surface area contributed by atoms with E-state index in [9.17, 15) is 14.9 Å². The summed E-state index contributed by atoms with van der Waals surface area (Å²) >= 11 is 12.1. The summed E-state index contributed by atoms with van der Waals surface area (Å²) in [6.07, 6.45) is 0. The van der Waals surface area contributed by atoms with Gasteiger partial charge in [-0.2, -0.15) is 0 Å². The molecule has 0 aliphatic carbocycles. The van der Waals surface area contributed by atoms with Gasteiger partial charge in [0.1, 0.15) is 5.75 Å². The molecule has 3 rings (SSSR count). The summed E-state index contributed by atoms with van der Waals surface area (Å²) in [5.41, 5.74) is 1.51. The van der Waals surface area contributed by atoms with Crippen LogP contribution < -0.4 is 10.1 Å². The third-order valence-electron chi connectivity index (χ3n) is 4.06. The van der Waals surface area contributed by atoms with Crippen molar-refractivity contribution >= 4 is 40.5 Å². The van der Waals surface area contributed by atoms with E-state index >= 15 is 0 Å². The van der Waals surface area contributed by atoms with Crippen molar-refractivity contribution in [2.45, 2.75) is 13.2 Å². The number of nitro groups is 1. The Morgan fingerprint density at radius 2 is 2.04 bits per heavy atom. The van der Waals surface area contributed by atoms with Gasteiger partial charge in [-0.25, -0.2) is 0 Å². The van der Waals surface area contributed by atoms with Crippen LogP contribution in [0.1, 0.15) is 11.1 Å². The molecule has 1 N–H and O–H groups in total. The van der Waals surface area contributed by atoms with Crippen LogP contribution in [-0.4, -0.2) is 36.1 Å². The lowest BCUT2D eigenvalue weighted by Crippen LogP contribution is -2.30. The second-order valence-corrected chi connectivity index (χ2v) is 7.09. The Kier molecular flexibility index (Phi) is 6.35. The van der Waals surface area contributed by atoms with Gasteiger partial charge < -0.3 is 14.8 Å². The van der Waals surface area contributed by atoms with Crippen LogP contribution in [0.5, 0.6) is 5.75 Å². The van der Waals surface area contributed by atoms with Gasteiger partial charge in [0.15, 0.2) is 6.79 Å². The average molecular weight is 426 g/mol. The molecule has 0 fully saturated rings. The first-order chi connectivity index (χ1) is 13.3. The summed E-state index contributed by atoms with van der Waals surface area (Å²) in [5.74, 6) is 0.235. The van der Waals surface area contributed by atoms with E-state index in [1.807, 2.05) is 0 Å². The Bertz CT molecular complexity index is 902. The highest BCUT2D eigenvalue weighted by Gasteiger charge is 2.22. The first kappa shape index (κ1) is 20.3. The number of nitrogens with zero attached hydrogens (tertiary/aromatic N) is 2. The van der Waals surface area contributed by atoms with Gasteiger partial charge in [0.05, 0.1) is 33.8 Å². The van der Waals surface area contributed by atoms with E-state index in [-0.39, 0.29) is 38.1 Å². The summed E-state index contributed by atoms with van der Waals surface area (Å²) in [5, 5.41) is 14.5. The van der Waals surface area contributed by atoms with Crippen molar-refractivity contribution in [1.82, 2.24) is 4.90 Å². The maximum atomic E-state index is 12.4. The highest BCUT2D eigenvalue weighted by molar-refractivity contribution is 6.39. The van der Waals surface area contributed by atoms with Gasteiger partial charge in [-0.05, 0) is 19.2 Å². The third kappa shape index (κ3) is 4.71. The van der Waals surface area contributed by atoms with Gasteiger partial charge in [0.25, 0.3) is 5.69 Å². The predicted octanol–water partition coefficient (Wildman–Crippen LogP) is 3.84. The number of carbonyl (C=O) groups is 1. The molecule has 0 saturated carbocycles. The zero-order valence-corrected chi connectivity index (χ0v) is 16.4.